The van der Waals surface area contributed by atoms with Crippen LogP contribution in [0.5, 0.6) is 0 Å². The fourth-order valence-corrected chi connectivity index (χ4v) is 1.87. The highest BCUT2D eigenvalue weighted by Crippen LogP contribution is 2.16. The van der Waals surface area contributed by atoms with Gasteiger partial charge in [-0.3, -0.25) is 10.9 Å². The molecule has 0 atom stereocenters. The van der Waals surface area contributed by atoms with Crippen LogP contribution in [0.2, 0.25) is 0 Å². The molecule has 0 spiro atoms. The summed E-state index contributed by atoms with van der Waals surface area (Å²) in [6, 6.07) is 12.5. The third kappa shape index (κ3) is 3.70. The number of carbonyl (C=O) groups is 1. The number of pyridine rings is 1. The Hall–Kier alpha value is -3.07. The molecule has 0 saturated heterocycles. The number of para-hydroxylation sites is 1. The van der Waals surface area contributed by atoms with Crippen LogP contribution in [0.15, 0.2) is 36.4 Å². The van der Waals surface area contributed by atoms with Gasteiger partial charge in [-0.15, -0.1) is 0 Å². The Morgan fingerprint density at radius 1 is 1.24 bits per heavy atom. The molecule has 0 saturated carbocycles. The van der Waals surface area contributed by atoms with E-state index >= 15 is 0 Å². The summed E-state index contributed by atoms with van der Waals surface area (Å²) in [6.45, 7) is 3.64. The molecule has 2 amide bonds. The molecule has 2 rings (SSSR count). The number of carbonyl (C=O) groups excluding carboxylic acids is 1. The van der Waals surface area contributed by atoms with Gasteiger partial charge in [-0.1, -0.05) is 18.2 Å². The maximum Gasteiger partial charge on any atom is 0.337 e. The number of amides is 2. The Morgan fingerprint density at radius 2 is 1.95 bits per heavy atom. The molecule has 0 bridgehead atoms. The smallest absolute Gasteiger partial charge is 0.307 e. The standard InChI is InChI=1S/C15H15N5O/c1-10-8-11(2)17-14(13(10)9-16)19-20-15(21)18-12-6-4-3-5-7-12/h3-8H,1-2H3,(H,17,19)(H2,18,20,21). The van der Waals surface area contributed by atoms with Crippen molar-refractivity contribution in [1.82, 2.24) is 10.4 Å². The molecule has 0 aliphatic rings. The van der Waals surface area contributed by atoms with Gasteiger partial charge >= 0.3 is 6.03 Å². The Bertz CT molecular complexity index is 691. The second kappa shape index (κ2) is 6.39. The molecule has 1 aromatic carbocycles. The number of urea groups is 1. The van der Waals surface area contributed by atoms with Crippen LogP contribution in [0.25, 0.3) is 0 Å². The molecule has 6 nitrogen and oxygen atoms in total. The van der Waals surface area contributed by atoms with Crippen molar-refractivity contribution in [3.8, 4) is 6.07 Å². The summed E-state index contributed by atoms with van der Waals surface area (Å²) in [5, 5.41) is 11.8. The van der Waals surface area contributed by atoms with Crippen molar-refractivity contribution in [1.29, 1.82) is 5.26 Å². The van der Waals surface area contributed by atoms with E-state index in [0.29, 0.717) is 17.1 Å². The number of benzene rings is 1. The maximum absolute atomic E-state index is 11.8. The number of anilines is 2. The van der Waals surface area contributed by atoms with E-state index < -0.39 is 6.03 Å². The van der Waals surface area contributed by atoms with Gasteiger partial charge < -0.3 is 5.32 Å². The summed E-state index contributed by atoms with van der Waals surface area (Å²) in [5.74, 6) is 0.332. The van der Waals surface area contributed by atoms with Crippen molar-refractivity contribution in [3.05, 3.63) is 53.2 Å². The number of aryl methyl sites for hydroxylation is 2. The highest BCUT2D eigenvalue weighted by atomic mass is 16.2. The minimum Gasteiger partial charge on any atom is -0.307 e. The summed E-state index contributed by atoms with van der Waals surface area (Å²) < 4.78 is 0. The van der Waals surface area contributed by atoms with Crippen molar-refractivity contribution in [2.75, 3.05) is 10.7 Å². The zero-order valence-electron chi connectivity index (χ0n) is 11.8. The summed E-state index contributed by atoms with van der Waals surface area (Å²) in [4.78, 5) is 16.0. The third-order valence-corrected chi connectivity index (χ3v) is 2.78. The molecule has 1 aromatic heterocycles. The lowest BCUT2D eigenvalue weighted by molar-refractivity contribution is 0.254. The molecule has 0 radical (unpaired) electrons. The number of nitriles is 1. The van der Waals surface area contributed by atoms with Crippen LogP contribution < -0.4 is 16.2 Å². The molecule has 0 unspecified atom stereocenters. The molecule has 1 heterocycles. The van der Waals surface area contributed by atoms with Crippen molar-refractivity contribution in [3.63, 3.8) is 0 Å². The highest BCUT2D eigenvalue weighted by molar-refractivity contribution is 5.89. The van der Waals surface area contributed by atoms with Crippen LogP contribution in [-0.4, -0.2) is 11.0 Å². The fourth-order valence-electron chi connectivity index (χ4n) is 1.87. The van der Waals surface area contributed by atoms with Crippen LogP contribution in [0.4, 0.5) is 16.3 Å². The molecule has 106 valence electrons. The summed E-state index contributed by atoms with van der Waals surface area (Å²) >= 11 is 0. The Morgan fingerprint density at radius 3 is 2.62 bits per heavy atom. The van der Waals surface area contributed by atoms with Gasteiger partial charge in [0.25, 0.3) is 0 Å². The quantitative estimate of drug-likeness (QED) is 0.754. The van der Waals surface area contributed by atoms with Crippen molar-refractivity contribution >= 4 is 17.5 Å². The highest BCUT2D eigenvalue weighted by Gasteiger charge is 2.09. The van der Waals surface area contributed by atoms with E-state index in [2.05, 4.69) is 27.2 Å². The van der Waals surface area contributed by atoms with E-state index in [4.69, 9.17) is 5.26 Å². The molecular weight excluding hydrogens is 266 g/mol. The van der Waals surface area contributed by atoms with Gasteiger partial charge in [0.1, 0.15) is 6.07 Å². The van der Waals surface area contributed by atoms with Crippen LogP contribution >= 0.6 is 0 Å². The molecule has 3 N–H and O–H groups in total. The minimum absolute atomic E-state index is 0.332. The third-order valence-electron chi connectivity index (χ3n) is 2.78. The van der Waals surface area contributed by atoms with E-state index in [1.807, 2.05) is 38.1 Å². The van der Waals surface area contributed by atoms with E-state index in [9.17, 15) is 4.79 Å². The second-order valence-electron chi connectivity index (χ2n) is 4.49. The van der Waals surface area contributed by atoms with Gasteiger partial charge in [0, 0.05) is 11.4 Å². The minimum atomic E-state index is -0.439. The van der Waals surface area contributed by atoms with Gasteiger partial charge in [0.15, 0.2) is 5.82 Å². The van der Waals surface area contributed by atoms with E-state index in [1.165, 1.54) is 0 Å². The summed E-state index contributed by atoms with van der Waals surface area (Å²) in [7, 11) is 0. The topological polar surface area (TPSA) is 89.8 Å². The lowest BCUT2D eigenvalue weighted by Gasteiger charge is -2.12. The molecule has 0 fully saturated rings. The van der Waals surface area contributed by atoms with Gasteiger partial charge in [-0.05, 0) is 37.6 Å². The Balaban J connectivity index is 2.03. The number of nitrogens with zero attached hydrogens (tertiary/aromatic N) is 2. The molecule has 21 heavy (non-hydrogen) atoms. The summed E-state index contributed by atoms with van der Waals surface area (Å²) in [6.07, 6.45) is 0. The first-order chi connectivity index (χ1) is 10.1. The van der Waals surface area contributed by atoms with Gasteiger partial charge in [-0.25, -0.2) is 9.78 Å². The van der Waals surface area contributed by atoms with E-state index in [1.54, 1.807) is 12.1 Å². The fraction of sp³-hybridized carbons (Fsp3) is 0.133. The lowest BCUT2D eigenvalue weighted by atomic mass is 10.1. The van der Waals surface area contributed by atoms with Gasteiger partial charge in [0.2, 0.25) is 0 Å². The van der Waals surface area contributed by atoms with Crippen molar-refractivity contribution < 1.29 is 4.79 Å². The van der Waals surface area contributed by atoms with Crippen LogP contribution in [0.1, 0.15) is 16.8 Å². The molecule has 0 aliphatic heterocycles. The monoisotopic (exact) mass is 281 g/mol. The van der Waals surface area contributed by atoms with E-state index in [-0.39, 0.29) is 0 Å². The Kier molecular flexibility index (Phi) is 4.36. The average Bonchev–Trinajstić information content (AvgIpc) is 2.45. The lowest BCUT2D eigenvalue weighted by Crippen LogP contribution is -2.34. The number of aromatic nitrogens is 1. The average molecular weight is 281 g/mol. The first kappa shape index (κ1) is 14.3. The maximum atomic E-state index is 11.8. The molecule has 6 heteroatoms. The van der Waals surface area contributed by atoms with Crippen LogP contribution in [0.3, 0.4) is 0 Å². The predicted octanol–water partition coefficient (Wildman–Crippen LogP) is 2.72. The molecule has 2 aromatic rings. The Labute approximate surface area is 122 Å². The van der Waals surface area contributed by atoms with Gasteiger partial charge in [0.05, 0.1) is 5.56 Å². The second-order valence-corrected chi connectivity index (χ2v) is 4.49. The number of hydrogen-bond acceptors (Lipinski definition) is 4. The number of hydrogen-bond donors (Lipinski definition) is 3. The molecular formula is C15H15N5O. The van der Waals surface area contributed by atoms with Crippen LogP contribution in [-0.2, 0) is 0 Å². The van der Waals surface area contributed by atoms with Crippen molar-refractivity contribution in [2.24, 2.45) is 0 Å². The van der Waals surface area contributed by atoms with E-state index in [0.717, 1.165) is 11.3 Å². The van der Waals surface area contributed by atoms with Gasteiger partial charge in [-0.2, -0.15) is 5.26 Å². The zero-order chi connectivity index (χ0) is 15.2. The predicted molar refractivity (Wildman–Crippen MR) is 80.6 cm³/mol. The molecule has 0 aliphatic carbocycles. The first-order valence-electron chi connectivity index (χ1n) is 6.36. The van der Waals surface area contributed by atoms with Crippen molar-refractivity contribution in [2.45, 2.75) is 13.8 Å². The summed E-state index contributed by atoms with van der Waals surface area (Å²) in [5.41, 5.74) is 7.78. The number of nitrogens with one attached hydrogen (secondary N) is 3. The SMILES string of the molecule is Cc1cc(C)c(C#N)c(NNC(=O)Nc2ccccc2)n1. The van der Waals surface area contributed by atoms with Crippen LogP contribution in [0, 0.1) is 25.2 Å². The zero-order valence-corrected chi connectivity index (χ0v) is 11.8. The number of rotatable bonds is 3. The first-order valence-corrected chi connectivity index (χ1v) is 6.36. The largest absolute Gasteiger partial charge is 0.337 e. The number of hydrazine groups is 1. The normalized spacial score (nSPS) is 9.57.